The molecule has 116 valence electrons. The van der Waals surface area contributed by atoms with Gasteiger partial charge in [-0.2, -0.15) is 0 Å². The van der Waals surface area contributed by atoms with Gasteiger partial charge in [-0.3, -0.25) is 0 Å². The second-order valence-corrected chi connectivity index (χ2v) is 7.57. The number of phenolic OH excluding ortho intramolecular Hbond substituents is 1. The fourth-order valence-electron chi connectivity index (χ4n) is 4.43. The van der Waals surface area contributed by atoms with E-state index >= 15 is 0 Å². The monoisotopic (exact) mass is 287 g/mol. The Hall–Kier alpha value is -1.02. The molecule has 0 saturated heterocycles. The normalized spacial score (nSPS) is 32.4. The summed E-state index contributed by atoms with van der Waals surface area (Å²) in [5, 5.41) is 13.6. The van der Waals surface area contributed by atoms with Crippen molar-refractivity contribution in [1.29, 1.82) is 0 Å². The SMILES string of the molecule is CC1CCC(C(C)C)C(NC2CCc3cc(O)ccc32)C1. The number of benzene rings is 1. The fraction of sp³-hybridized carbons (Fsp3) is 0.684. The van der Waals surface area contributed by atoms with Gasteiger partial charge in [0.25, 0.3) is 0 Å². The van der Waals surface area contributed by atoms with Crippen molar-refractivity contribution in [3.8, 4) is 5.75 Å². The first kappa shape index (κ1) is 14.9. The second kappa shape index (κ2) is 6.00. The van der Waals surface area contributed by atoms with Gasteiger partial charge >= 0.3 is 0 Å². The van der Waals surface area contributed by atoms with Crippen molar-refractivity contribution in [2.45, 2.75) is 65.0 Å². The highest BCUT2D eigenvalue weighted by atomic mass is 16.3. The molecule has 0 bridgehead atoms. The zero-order chi connectivity index (χ0) is 15.0. The lowest BCUT2D eigenvalue weighted by atomic mass is 9.73. The van der Waals surface area contributed by atoms with Gasteiger partial charge in [0.15, 0.2) is 0 Å². The summed E-state index contributed by atoms with van der Waals surface area (Å²) < 4.78 is 0. The molecule has 0 aliphatic heterocycles. The molecule has 2 aliphatic rings. The van der Waals surface area contributed by atoms with Crippen LogP contribution in [0.25, 0.3) is 0 Å². The Kier molecular flexibility index (Phi) is 4.26. The van der Waals surface area contributed by atoms with Gasteiger partial charge in [0.1, 0.15) is 5.75 Å². The summed E-state index contributed by atoms with van der Waals surface area (Å²) in [6.07, 6.45) is 6.33. The maximum Gasteiger partial charge on any atom is 0.115 e. The third-order valence-electron chi connectivity index (χ3n) is 5.64. The van der Waals surface area contributed by atoms with Crippen LogP contribution >= 0.6 is 0 Å². The van der Waals surface area contributed by atoms with Gasteiger partial charge in [-0.1, -0.05) is 33.3 Å². The third kappa shape index (κ3) is 3.11. The molecule has 3 rings (SSSR count). The molecule has 0 heterocycles. The molecule has 2 aliphatic carbocycles. The van der Waals surface area contributed by atoms with E-state index in [4.69, 9.17) is 0 Å². The van der Waals surface area contributed by atoms with Crippen molar-refractivity contribution < 1.29 is 5.11 Å². The molecule has 1 aromatic rings. The molecule has 1 aromatic carbocycles. The zero-order valence-electron chi connectivity index (χ0n) is 13.6. The average molecular weight is 287 g/mol. The second-order valence-electron chi connectivity index (χ2n) is 7.57. The van der Waals surface area contributed by atoms with E-state index in [9.17, 15) is 5.11 Å². The summed E-state index contributed by atoms with van der Waals surface area (Å²) in [6.45, 7) is 7.14. The Labute approximate surface area is 129 Å². The van der Waals surface area contributed by atoms with Crippen molar-refractivity contribution in [2.75, 3.05) is 0 Å². The molecule has 4 unspecified atom stereocenters. The van der Waals surface area contributed by atoms with Gasteiger partial charge in [0, 0.05) is 12.1 Å². The molecule has 4 atom stereocenters. The zero-order valence-corrected chi connectivity index (χ0v) is 13.6. The van der Waals surface area contributed by atoms with E-state index in [1.165, 1.54) is 36.8 Å². The number of aromatic hydroxyl groups is 1. The molecule has 0 radical (unpaired) electrons. The highest BCUT2D eigenvalue weighted by molar-refractivity contribution is 5.40. The molecule has 0 spiro atoms. The van der Waals surface area contributed by atoms with E-state index in [0.29, 0.717) is 17.8 Å². The van der Waals surface area contributed by atoms with Gasteiger partial charge in [0.2, 0.25) is 0 Å². The molecule has 0 amide bonds. The van der Waals surface area contributed by atoms with E-state index in [1.807, 2.05) is 12.1 Å². The quantitative estimate of drug-likeness (QED) is 0.862. The van der Waals surface area contributed by atoms with E-state index in [1.54, 1.807) is 0 Å². The lowest BCUT2D eigenvalue weighted by Crippen LogP contribution is -2.44. The topological polar surface area (TPSA) is 32.3 Å². The highest BCUT2D eigenvalue weighted by Gasteiger charge is 2.33. The molecule has 2 heteroatoms. The van der Waals surface area contributed by atoms with Crippen LogP contribution in [0.3, 0.4) is 0 Å². The standard InChI is InChI=1S/C19H29NO/c1-12(2)16-7-4-13(3)10-19(16)20-18-9-5-14-11-15(21)6-8-17(14)18/h6,8,11-13,16,18-21H,4-5,7,9-10H2,1-3H3. The lowest BCUT2D eigenvalue weighted by Gasteiger charge is -2.39. The first-order chi connectivity index (χ1) is 10.0. The first-order valence-electron chi connectivity index (χ1n) is 8.62. The smallest absolute Gasteiger partial charge is 0.115 e. The van der Waals surface area contributed by atoms with Crippen LogP contribution in [0.2, 0.25) is 0 Å². The van der Waals surface area contributed by atoms with Crippen LogP contribution in [0.15, 0.2) is 18.2 Å². The van der Waals surface area contributed by atoms with Crippen LogP contribution in [0.4, 0.5) is 0 Å². The lowest BCUT2D eigenvalue weighted by molar-refractivity contribution is 0.159. The summed E-state index contributed by atoms with van der Waals surface area (Å²) in [4.78, 5) is 0. The number of nitrogens with one attached hydrogen (secondary N) is 1. The van der Waals surface area contributed by atoms with Crippen LogP contribution in [0.1, 0.15) is 63.6 Å². The molecule has 0 aromatic heterocycles. The Balaban J connectivity index is 1.74. The maximum atomic E-state index is 9.63. The number of hydrogen-bond acceptors (Lipinski definition) is 2. The molecule has 1 fully saturated rings. The van der Waals surface area contributed by atoms with E-state index in [-0.39, 0.29) is 0 Å². The molecule has 2 nitrogen and oxygen atoms in total. The van der Waals surface area contributed by atoms with Crippen LogP contribution < -0.4 is 5.32 Å². The molecular weight excluding hydrogens is 258 g/mol. The van der Waals surface area contributed by atoms with E-state index in [2.05, 4.69) is 32.2 Å². The summed E-state index contributed by atoms with van der Waals surface area (Å²) in [7, 11) is 0. The molecule has 21 heavy (non-hydrogen) atoms. The predicted octanol–water partition coefficient (Wildman–Crippen LogP) is 4.43. The average Bonchev–Trinajstić information content (AvgIpc) is 2.81. The van der Waals surface area contributed by atoms with Gasteiger partial charge in [-0.25, -0.2) is 0 Å². The van der Waals surface area contributed by atoms with Crippen LogP contribution in [-0.4, -0.2) is 11.1 Å². The van der Waals surface area contributed by atoms with Crippen LogP contribution in [0, 0.1) is 17.8 Å². The van der Waals surface area contributed by atoms with Gasteiger partial charge in [0.05, 0.1) is 0 Å². The summed E-state index contributed by atoms with van der Waals surface area (Å²) >= 11 is 0. The van der Waals surface area contributed by atoms with Crippen molar-refractivity contribution in [1.82, 2.24) is 5.32 Å². The molecule has 2 N–H and O–H groups in total. The van der Waals surface area contributed by atoms with E-state index < -0.39 is 0 Å². The van der Waals surface area contributed by atoms with Crippen molar-refractivity contribution >= 4 is 0 Å². The Morgan fingerprint density at radius 2 is 2.00 bits per heavy atom. The highest BCUT2D eigenvalue weighted by Crippen LogP contribution is 2.38. The van der Waals surface area contributed by atoms with Crippen molar-refractivity contribution in [3.05, 3.63) is 29.3 Å². The minimum Gasteiger partial charge on any atom is -0.508 e. The minimum absolute atomic E-state index is 0.403. The van der Waals surface area contributed by atoms with Gasteiger partial charge < -0.3 is 10.4 Å². The first-order valence-corrected chi connectivity index (χ1v) is 8.62. The Morgan fingerprint density at radius 3 is 2.76 bits per heavy atom. The van der Waals surface area contributed by atoms with E-state index in [0.717, 1.165) is 24.2 Å². The number of rotatable bonds is 3. The minimum atomic E-state index is 0.403. The third-order valence-corrected chi connectivity index (χ3v) is 5.64. The molecule has 1 saturated carbocycles. The van der Waals surface area contributed by atoms with Crippen LogP contribution in [-0.2, 0) is 6.42 Å². The Bertz CT molecular complexity index is 496. The number of hydrogen-bond donors (Lipinski definition) is 2. The fourth-order valence-corrected chi connectivity index (χ4v) is 4.43. The Morgan fingerprint density at radius 1 is 1.19 bits per heavy atom. The number of phenols is 1. The summed E-state index contributed by atoms with van der Waals surface area (Å²) in [5.74, 6) is 2.82. The maximum absolute atomic E-state index is 9.63. The summed E-state index contributed by atoms with van der Waals surface area (Å²) in [5.41, 5.74) is 2.74. The van der Waals surface area contributed by atoms with Crippen molar-refractivity contribution in [3.63, 3.8) is 0 Å². The van der Waals surface area contributed by atoms with Gasteiger partial charge in [-0.15, -0.1) is 0 Å². The number of fused-ring (bicyclic) bond motifs is 1. The number of aryl methyl sites for hydroxylation is 1. The largest absolute Gasteiger partial charge is 0.508 e. The predicted molar refractivity (Wildman–Crippen MR) is 87.4 cm³/mol. The summed E-state index contributed by atoms with van der Waals surface area (Å²) in [6, 6.07) is 7.03. The van der Waals surface area contributed by atoms with Crippen LogP contribution in [0.5, 0.6) is 5.75 Å². The van der Waals surface area contributed by atoms with Crippen molar-refractivity contribution in [2.24, 2.45) is 17.8 Å². The molecular formula is C19H29NO. The van der Waals surface area contributed by atoms with Gasteiger partial charge in [-0.05, 0) is 66.7 Å².